The summed E-state index contributed by atoms with van der Waals surface area (Å²) < 4.78 is 5.68. The molecular formula is C22H29N3O2. The molecule has 0 bridgehead atoms. The van der Waals surface area contributed by atoms with E-state index in [2.05, 4.69) is 47.3 Å². The van der Waals surface area contributed by atoms with Gasteiger partial charge in [-0.2, -0.15) is 0 Å². The summed E-state index contributed by atoms with van der Waals surface area (Å²) in [6.07, 6.45) is 3.93. The van der Waals surface area contributed by atoms with Crippen LogP contribution in [0.25, 0.3) is 0 Å². The maximum absolute atomic E-state index is 12.9. The average Bonchev–Trinajstić information content (AvgIpc) is 3.23. The predicted octanol–water partition coefficient (Wildman–Crippen LogP) is 3.64. The highest BCUT2D eigenvalue weighted by Crippen LogP contribution is 2.44. The smallest absolute Gasteiger partial charge is 0.291 e. The second-order valence-electron chi connectivity index (χ2n) is 8.08. The Balaban J connectivity index is 1.44. The topological polar surface area (TPSA) is 49.6 Å². The summed E-state index contributed by atoms with van der Waals surface area (Å²) in [4.78, 5) is 21.7. The minimum absolute atomic E-state index is 0.00481. The summed E-state index contributed by atoms with van der Waals surface area (Å²) in [6.45, 7) is 6.51. The molecule has 4 rings (SSSR count). The van der Waals surface area contributed by atoms with Gasteiger partial charge in [-0.1, -0.05) is 37.3 Å². The molecule has 1 aromatic heterocycles. The third-order valence-corrected chi connectivity index (χ3v) is 6.52. The van der Waals surface area contributed by atoms with Crippen LogP contribution in [-0.2, 0) is 6.42 Å². The lowest BCUT2D eigenvalue weighted by molar-refractivity contribution is 0.0465. The summed E-state index contributed by atoms with van der Waals surface area (Å²) in [7, 11) is 2.24. The Bertz CT molecular complexity index is 806. The fourth-order valence-electron chi connectivity index (χ4n) is 4.81. The van der Waals surface area contributed by atoms with E-state index in [-0.39, 0.29) is 11.4 Å². The molecule has 2 saturated heterocycles. The van der Waals surface area contributed by atoms with E-state index in [1.165, 1.54) is 12.0 Å². The Kier molecular flexibility index (Phi) is 4.81. The molecule has 0 unspecified atom stereocenters. The van der Waals surface area contributed by atoms with Gasteiger partial charge in [-0.25, -0.2) is 4.98 Å². The molecule has 1 aromatic carbocycles. The zero-order chi connectivity index (χ0) is 19.0. The van der Waals surface area contributed by atoms with Gasteiger partial charge in [0.05, 0.1) is 5.69 Å². The maximum atomic E-state index is 12.9. The van der Waals surface area contributed by atoms with E-state index in [1.807, 2.05) is 18.7 Å². The standard InChI is InChI=1S/C22H29N3O2/c1-4-19-23-16(2)20(27-19)21(26)25-12-10-22(11-13-25)14-18(15-24(22)3)17-8-6-5-7-9-17/h5-9,18H,4,10-15H2,1-3H3/t18-/m1/s1. The summed E-state index contributed by atoms with van der Waals surface area (Å²) in [6, 6.07) is 10.8. The Morgan fingerprint density at radius 2 is 1.96 bits per heavy atom. The molecule has 144 valence electrons. The number of piperidine rings is 1. The van der Waals surface area contributed by atoms with Gasteiger partial charge in [0.15, 0.2) is 5.89 Å². The largest absolute Gasteiger partial charge is 0.435 e. The molecule has 0 N–H and O–H groups in total. The van der Waals surface area contributed by atoms with Crippen LogP contribution in [0.5, 0.6) is 0 Å². The molecule has 1 spiro atoms. The van der Waals surface area contributed by atoms with Crippen LogP contribution in [0.15, 0.2) is 34.7 Å². The number of likely N-dealkylation sites (N-methyl/N-ethyl adjacent to an activating group) is 1. The van der Waals surface area contributed by atoms with Crippen molar-refractivity contribution in [2.75, 3.05) is 26.7 Å². The predicted molar refractivity (Wildman–Crippen MR) is 105 cm³/mol. The van der Waals surface area contributed by atoms with Crippen molar-refractivity contribution < 1.29 is 9.21 Å². The SMILES string of the molecule is CCc1nc(C)c(C(=O)N2CCC3(CC2)C[C@@H](c2ccccc2)CN3C)o1. The van der Waals surface area contributed by atoms with Crippen molar-refractivity contribution in [2.24, 2.45) is 0 Å². The normalized spacial score (nSPS) is 22.5. The van der Waals surface area contributed by atoms with Crippen molar-refractivity contribution in [1.82, 2.24) is 14.8 Å². The number of oxazole rings is 1. The van der Waals surface area contributed by atoms with Gasteiger partial charge in [-0.15, -0.1) is 0 Å². The zero-order valence-corrected chi connectivity index (χ0v) is 16.6. The van der Waals surface area contributed by atoms with E-state index in [0.29, 0.717) is 29.7 Å². The molecule has 1 atom stereocenters. The summed E-state index contributed by atoms with van der Waals surface area (Å²) in [5.41, 5.74) is 2.35. The lowest BCUT2D eigenvalue weighted by Crippen LogP contribution is -2.52. The summed E-state index contributed by atoms with van der Waals surface area (Å²) in [5, 5.41) is 0. The molecule has 1 amide bonds. The van der Waals surface area contributed by atoms with E-state index in [9.17, 15) is 4.79 Å². The first-order valence-corrected chi connectivity index (χ1v) is 10.0. The molecule has 2 fully saturated rings. The van der Waals surface area contributed by atoms with Crippen LogP contribution < -0.4 is 0 Å². The monoisotopic (exact) mass is 367 g/mol. The van der Waals surface area contributed by atoms with Crippen LogP contribution in [0.2, 0.25) is 0 Å². The number of amides is 1. The van der Waals surface area contributed by atoms with Crippen molar-refractivity contribution in [3.63, 3.8) is 0 Å². The maximum Gasteiger partial charge on any atom is 0.291 e. The van der Waals surface area contributed by atoms with Gasteiger partial charge in [-0.05, 0) is 44.7 Å². The van der Waals surface area contributed by atoms with Crippen molar-refractivity contribution in [3.05, 3.63) is 53.2 Å². The van der Waals surface area contributed by atoms with E-state index in [1.54, 1.807) is 0 Å². The fraction of sp³-hybridized carbons (Fsp3) is 0.545. The lowest BCUT2D eigenvalue weighted by Gasteiger charge is -2.43. The summed E-state index contributed by atoms with van der Waals surface area (Å²) >= 11 is 0. The second kappa shape index (κ2) is 7.12. The van der Waals surface area contributed by atoms with Gasteiger partial charge in [0, 0.05) is 31.6 Å². The van der Waals surface area contributed by atoms with Crippen LogP contribution in [0.4, 0.5) is 0 Å². The van der Waals surface area contributed by atoms with Crippen molar-refractivity contribution in [2.45, 2.75) is 51.0 Å². The third-order valence-electron chi connectivity index (χ3n) is 6.52. The molecule has 5 nitrogen and oxygen atoms in total. The first-order valence-electron chi connectivity index (χ1n) is 10.0. The third kappa shape index (κ3) is 3.29. The number of likely N-dealkylation sites (tertiary alicyclic amines) is 2. The Morgan fingerprint density at radius 1 is 1.26 bits per heavy atom. The van der Waals surface area contributed by atoms with Crippen LogP contribution in [0.1, 0.15) is 59.8 Å². The first-order chi connectivity index (χ1) is 13.0. The van der Waals surface area contributed by atoms with E-state index in [0.717, 1.165) is 32.5 Å². The molecular weight excluding hydrogens is 338 g/mol. The van der Waals surface area contributed by atoms with Crippen molar-refractivity contribution in [1.29, 1.82) is 0 Å². The second-order valence-corrected chi connectivity index (χ2v) is 8.08. The van der Waals surface area contributed by atoms with Crippen LogP contribution in [0.3, 0.4) is 0 Å². The Hall–Kier alpha value is -2.14. The number of carbonyl (C=O) groups is 1. The van der Waals surface area contributed by atoms with Gasteiger partial charge in [0.25, 0.3) is 5.91 Å². The van der Waals surface area contributed by atoms with E-state index < -0.39 is 0 Å². The fourth-order valence-corrected chi connectivity index (χ4v) is 4.81. The Labute approximate surface area is 161 Å². The number of hydrogen-bond acceptors (Lipinski definition) is 4. The molecule has 2 aromatic rings. The van der Waals surface area contributed by atoms with Crippen LogP contribution >= 0.6 is 0 Å². The average molecular weight is 367 g/mol. The van der Waals surface area contributed by atoms with Crippen LogP contribution in [-0.4, -0.2) is 52.9 Å². The van der Waals surface area contributed by atoms with Gasteiger partial charge >= 0.3 is 0 Å². The van der Waals surface area contributed by atoms with Gasteiger partial charge in [0.1, 0.15) is 0 Å². The molecule has 0 aliphatic carbocycles. The molecule has 27 heavy (non-hydrogen) atoms. The molecule has 2 aliphatic heterocycles. The quantitative estimate of drug-likeness (QED) is 0.831. The minimum Gasteiger partial charge on any atom is -0.435 e. The van der Waals surface area contributed by atoms with Crippen molar-refractivity contribution in [3.8, 4) is 0 Å². The van der Waals surface area contributed by atoms with Crippen molar-refractivity contribution >= 4 is 5.91 Å². The number of carbonyl (C=O) groups excluding carboxylic acids is 1. The molecule has 0 radical (unpaired) electrons. The zero-order valence-electron chi connectivity index (χ0n) is 16.6. The number of benzene rings is 1. The van der Waals surface area contributed by atoms with E-state index in [4.69, 9.17) is 4.42 Å². The first kappa shape index (κ1) is 18.2. The molecule has 5 heteroatoms. The minimum atomic E-state index is -0.00481. The highest BCUT2D eigenvalue weighted by Gasteiger charge is 2.46. The molecule has 2 aliphatic rings. The Morgan fingerprint density at radius 3 is 2.59 bits per heavy atom. The highest BCUT2D eigenvalue weighted by atomic mass is 16.4. The number of nitrogens with zero attached hydrogens (tertiary/aromatic N) is 3. The number of rotatable bonds is 3. The molecule has 0 saturated carbocycles. The number of hydrogen-bond donors (Lipinski definition) is 0. The van der Waals surface area contributed by atoms with E-state index >= 15 is 0 Å². The molecule has 3 heterocycles. The van der Waals surface area contributed by atoms with Gasteiger partial charge < -0.3 is 9.32 Å². The highest BCUT2D eigenvalue weighted by molar-refractivity contribution is 5.92. The lowest BCUT2D eigenvalue weighted by atomic mass is 9.81. The van der Waals surface area contributed by atoms with Gasteiger partial charge in [0.2, 0.25) is 5.76 Å². The number of aromatic nitrogens is 1. The van der Waals surface area contributed by atoms with Gasteiger partial charge in [-0.3, -0.25) is 9.69 Å². The number of aryl methyl sites for hydroxylation is 2. The van der Waals surface area contributed by atoms with Crippen LogP contribution in [0, 0.1) is 6.92 Å². The summed E-state index contributed by atoms with van der Waals surface area (Å²) in [5.74, 6) is 1.65.